The summed E-state index contributed by atoms with van der Waals surface area (Å²) in [6.45, 7) is 18.4. The largest absolute Gasteiger partial charge is 0.465 e. The maximum absolute atomic E-state index is 12.6. The van der Waals surface area contributed by atoms with E-state index >= 15 is 0 Å². The number of esters is 4. The SMILES string of the molecule is CC.CCCCCCCCCC(=O)CN(CC(=O)OCCCCCCCC)CC(=O)OCC1CC(CC)[NH2+]1.CCCCCCCCOC(=O)CN(CC(=O)CCC)CC(=O)OCCCCCCCC. The average molecular weight is 983 g/mol. The van der Waals surface area contributed by atoms with Crippen LogP contribution in [0.4, 0.5) is 0 Å². The first-order valence-electron chi connectivity index (χ1n) is 28.5. The van der Waals surface area contributed by atoms with Gasteiger partial charge in [0.25, 0.3) is 0 Å². The third-order valence-corrected chi connectivity index (χ3v) is 12.2. The van der Waals surface area contributed by atoms with Crippen molar-refractivity contribution in [3.63, 3.8) is 0 Å². The Morgan fingerprint density at radius 1 is 0.377 bits per heavy atom. The van der Waals surface area contributed by atoms with Crippen LogP contribution in [-0.2, 0) is 47.7 Å². The lowest BCUT2D eigenvalue weighted by Crippen LogP contribution is -3.04. The van der Waals surface area contributed by atoms with E-state index in [1.807, 2.05) is 20.8 Å². The molecule has 2 unspecified atom stereocenters. The van der Waals surface area contributed by atoms with E-state index in [4.69, 9.17) is 18.9 Å². The number of ketones is 2. The van der Waals surface area contributed by atoms with Crippen LogP contribution in [0, 0.1) is 0 Å². The molecule has 0 spiro atoms. The molecule has 0 aromatic rings. The van der Waals surface area contributed by atoms with Gasteiger partial charge in [-0.25, -0.2) is 0 Å². The first-order chi connectivity index (χ1) is 33.5. The standard InChI is InChI=1S/C29H54N2O5.C25H47NO5.C2H6/c1-4-7-9-11-13-14-16-18-27(32)21-31(22-28(33)35-19-17-15-12-10-8-5-2)23-29(34)36-24-26-20-25(6-3)30-26;1-4-7-9-11-13-15-18-30-24(28)21-26(20-23(27)17-6-3)22-25(29)31-19-16-14-12-10-8-5-2;1-2/h25-26,30H,4-24H2,1-3H3;4-22H2,1-3H3;1-2H3/p+1. The number of ether oxygens (including phenoxy) is 4. The second-order valence-corrected chi connectivity index (χ2v) is 19.0. The number of carbonyl (C=O) groups excluding carboxylic acids is 6. The second kappa shape index (κ2) is 51.5. The van der Waals surface area contributed by atoms with Gasteiger partial charge in [0, 0.05) is 12.8 Å². The van der Waals surface area contributed by atoms with E-state index in [2.05, 4.69) is 39.9 Å². The van der Waals surface area contributed by atoms with Gasteiger partial charge in [-0.1, -0.05) is 190 Å². The fourth-order valence-corrected chi connectivity index (χ4v) is 8.03. The monoisotopic (exact) mass is 983 g/mol. The highest BCUT2D eigenvalue weighted by atomic mass is 16.5. The molecule has 0 aromatic carbocycles. The number of rotatable bonds is 46. The highest BCUT2D eigenvalue weighted by molar-refractivity contribution is 5.83. The number of nitrogens with zero attached hydrogens (tertiary/aromatic N) is 2. The molecule has 406 valence electrons. The van der Waals surface area contributed by atoms with Crippen molar-refractivity contribution in [3.05, 3.63) is 0 Å². The molecular weight excluding hydrogens is 875 g/mol. The molecule has 2 N–H and O–H groups in total. The number of Topliss-reactive ketones (excluding diaryl/α,β-unsaturated/α-hetero) is 2. The third-order valence-electron chi connectivity index (χ3n) is 12.2. The zero-order valence-electron chi connectivity index (χ0n) is 46.0. The van der Waals surface area contributed by atoms with Crippen molar-refractivity contribution in [1.29, 1.82) is 0 Å². The summed E-state index contributed by atoms with van der Waals surface area (Å²) in [5.74, 6) is -1.44. The summed E-state index contributed by atoms with van der Waals surface area (Å²) in [6.07, 6.45) is 32.2. The topological polar surface area (TPSA) is 162 Å². The molecule has 1 heterocycles. The van der Waals surface area contributed by atoms with Gasteiger partial charge in [0.1, 0.15) is 24.2 Å². The Kier molecular flexibility index (Phi) is 50.8. The molecule has 0 aromatic heterocycles. The summed E-state index contributed by atoms with van der Waals surface area (Å²) in [6, 6.07) is 0.962. The lowest BCUT2D eigenvalue weighted by Gasteiger charge is -2.31. The minimum absolute atomic E-state index is 0.0231. The zero-order valence-corrected chi connectivity index (χ0v) is 46.0. The van der Waals surface area contributed by atoms with Crippen molar-refractivity contribution in [1.82, 2.24) is 9.80 Å². The Morgan fingerprint density at radius 3 is 1.01 bits per heavy atom. The first kappa shape index (κ1) is 68.2. The van der Waals surface area contributed by atoms with Crippen molar-refractivity contribution in [2.75, 3.05) is 65.7 Å². The minimum atomic E-state index is -0.387. The molecule has 1 fully saturated rings. The predicted molar refractivity (Wildman–Crippen MR) is 280 cm³/mol. The van der Waals surface area contributed by atoms with Crippen LogP contribution in [-0.4, -0.2) is 123 Å². The van der Waals surface area contributed by atoms with Crippen LogP contribution in [0.2, 0.25) is 0 Å². The fraction of sp³-hybridized carbons (Fsp3) is 0.893. The lowest BCUT2D eigenvalue weighted by atomic mass is 9.96. The molecular formula is C56H108N3O10+. The van der Waals surface area contributed by atoms with Crippen LogP contribution in [0.1, 0.15) is 248 Å². The van der Waals surface area contributed by atoms with Gasteiger partial charge < -0.3 is 24.3 Å². The number of hydrogen-bond donors (Lipinski definition) is 1. The molecule has 0 bridgehead atoms. The van der Waals surface area contributed by atoms with Crippen molar-refractivity contribution in [3.8, 4) is 0 Å². The molecule has 1 saturated heterocycles. The fourth-order valence-electron chi connectivity index (χ4n) is 8.03. The van der Waals surface area contributed by atoms with Gasteiger partial charge in [-0.2, -0.15) is 0 Å². The van der Waals surface area contributed by atoms with E-state index in [-0.39, 0.29) is 74.7 Å². The van der Waals surface area contributed by atoms with Crippen molar-refractivity contribution in [2.45, 2.75) is 260 Å². The van der Waals surface area contributed by atoms with Gasteiger partial charge in [-0.15, -0.1) is 0 Å². The minimum Gasteiger partial charge on any atom is -0.465 e. The lowest BCUT2D eigenvalue weighted by molar-refractivity contribution is -0.779. The molecule has 2 atom stereocenters. The van der Waals surface area contributed by atoms with Crippen LogP contribution < -0.4 is 5.32 Å². The summed E-state index contributed by atoms with van der Waals surface area (Å²) in [4.78, 5) is 76.9. The van der Waals surface area contributed by atoms with Gasteiger partial charge >= 0.3 is 23.9 Å². The normalized spacial score (nSPS) is 13.9. The molecule has 1 aliphatic heterocycles. The van der Waals surface area contributed by atoms with E-state index < -0.39 is 0 Å². The number of hydrogen-bond acceptors (Lipinski definition) is 12. The van der Waals surface area contributed by atoms with E-state index in [1.165, 1.54) is 83.5 Å². The van der Waals surface area contributed by atoms with Gasteiger partial charge in [0.15, 0.2) is 0 Å². The van der Waals surface area contributed by atoms with Crippen LogP contribution in [0.3, 0.4) is 0 Å². The number of unbranched alkanes of at least 4 members (excludes halogenated alkanes) is 21. The van der Waals surface area contributed by atoms with Gasteiger partial charge in [0.2, 0.25) is 0 Å². The Balaban J connectivity index is 0. The Morgan fingerprint density at radius 2 is 0.681 bits per heavy atom. The number of quaternary nitrogens is 1. The Hall–Kier alpha value is -2.90. The molecule has 13 nitrogen and oxygen atoms in total. The van der Waals surface area contributed by atoms with E-state index in [0.29, 0.717) is 51.4 Å². The quantitative estimate of drug-likeness (QED) is 0.0349. The molecule has 0 aliphatic carbocycles. The van der Waals surface area contributed by atoms with Crippen LogP contribution in [0.15, 0.2) is 0 Å². The highest BCUT2D eigenvalue weighted by Gasteiger charge is 2.33. The molecule has 13 heteroatoms. The first-order valence-corrected chi connectivity index (χ1v) is 28.5. The third kappa shape index (κ3) is 46.0. The summed E-state index contributed by atoms with van der Waals surface area (Å²) in [5.41, 5.74) is 0. The predicted octanol–water partition coefficient (Wildman–Crippen LogP) is 11.1. The maximum Gasteiger partial charge on any atom is 0.320 e. The smallest absolute Gasteiger partial charge is 0.320 e. The summed E-state index contributed by atoms with van der Waals surface area (Å²) in [7, 11) is 0. The zero-order chi connectivity index (χ0) is 51.6. The molecule has 0 radical (unpaired) electrons. The van der Waals surface area contributed by atoms with Crippen molar-refractivity contribution >= 4 is 35.4 Å². The number of nitrogens with two attached hydrogens (primary N) is 1. The molecule has 0 saturated carbocycles. The average Bonchev–Trinajstić information content (AvgIpc) is 3.30. The number of carbonyl (C=O) groups is 6. The van der Waals surface area contributed by atoms with Crippen LogP contribution in [0.25, 0.3) is 0 Å². The summed E-state index contributed by atoms with van der Waals surface area (Å²) in [5, 5.41) is 2.25. The summed E-state index contributed by atoms with van der Waals surface area (Å²) < 4.78 is 21.4. The summed E-state index contributed by atoms with van der Waals surface area (Å²) >= 11 is 0. The molecule has 69 heavy (non-hydrogen) atoms. The van der Waals surface area contributed by atoms with Gasteiger partial charge in [-0.3, -0.25) is 38.6 Å². The maximum atomic E-state index is 12.6. The van der Waals surface area contributed by atoms with Gasteiger partial charge in [0.05, 0.1) is 71.6 Å². The Labute approximate surface area is 422 Å². The van der Waals surface area contributed by atoms with Crippen molar-refractivity contribution < 1.29 is 53.0 Å². The van der Waals surface area contributed by atoms with E-state index in [9.17, 15) is 28.8 Å². The second-order valence-electron chi connectivity index (χ2n) is 19.0. The van der Waals surface area contributed by atoms with Crippen LogP contribution in [0.5, 0.6) is 0 Å². The van der Waals surface area contributed by atoms with Gasteiger partial charge in [-0.05, 0) is 38.5 Å². The van der Waals surface area contributed by atoms with E-state index in [0.717, 1.165) is 96.3 Å². The van der Waals surface area contributed by atoms with Crippen molar-refractivity contribution in [2.24, 2.45) is 0 Å². The molecule has 1 aliphatic rings. The Bertz CT molecular complexity index is 1180. The molecule has 0 amide bonds. The highest BCUT2D eigenvalue weighted by Crippen LogP contribution is 2.11. The van der Waals surface area contributed by atoms with E-state index in [1.54, 1.807) is 9.80 Å². The van der Waals surface area contributed by atoms with Crippen LogP contribution >= 0.6 is 0 Å². The molecule has 1 rings (SSSR count).